The largest absolute Gasteiger partial charge is 0.394 e. The molecule has 96 valence electrons. The number of aliphatic hydroxyl groups excluding tert-OH is 1. The Bertz CT molecular complexity index is 195. The molecule has 1 amide bonds. The maximum Gasteiger partial charge on any atom is 0.237 e. The highest BCUT2D eigenvalue weighted by Crippen LogP contribution is 2.14. The van der Waals surface area contributed by atoms with Gasteiger partial charge in [-0.25, -0.2) is 0 Å². The Kier molecular flexibility index (Phi) is 7.34. The standard InChI is InChI=1S/C12H26N2O2/c1-4-7-8-10(13)11(16)14-12(5-2,6-3)9-15/h10,15H,4-9,13H2,1-3H3,(H,14,16)/t10-/m0/s1. The van der Waals surface area contributed by atoms with Gasteiger partial charge in [-0.3, -0.25) is 4.79 Å². The third kappa shape index (κ3) is 4.49. The SMILES string of the molecule is CCCC[C@H](N)C(=O)NC(CC)(CC)CO. The van der Waals surface area contributed by atoms with Crippen molar-refractivity contribution in [2.24, 2.45) is 5.73 Å². The summed E-state index contributed by atoms with van der Waals surface area (Å²) in [6, 6.07) is -0.455. The van der Waals surface area contributed by atoms with Gasteiger partial charge in [0.15, 0.2) is 0 Å². The van der Waals surface area contributed by atoms with Gasteiger partial charge >= 0.3 is 0 Å². The van der Waals surface area contributed by atoms with Gasteiger partial charge in [0.05, 0.1) is 18.2 Å². The maximum absolute atomic E-state index is 11.8. The van der Waals surface area contributed by atoms with Crippen LogP contribution in [0.4, 0.5) is 0 Å². The normalized spacial score (nSPS) is 13.6. The molecular weight excluding hydrogens is 204 g/mol. The van der Waals surface area contributed by atoms with Gasteiger partial charge < -0.3 is 16.2 Å². The molecule has 0 aromatic carbocycles. The summed E-state index contributed by atoms with van der Waals surface area (Å²) >= 11 is 0. The van der Waals surface area contributed by atoms with Gasteiger partial charge in [0.1, 0.15) is 0 Å². The maximum atomic E-state index is 11.8. The lowest BCUT2D eigenvalue weighted by atomic mass is 9.93. The summed E-state index contributed by atoms with van der Waals surface area (Å²) in [5, 5.41) is 12.2. The van der Waals surface area contributed by atoms with E-state index in [0.717, 1.165) is 12.8 Å². The van der Waals surface area contributed by atoms with Crippen LogP contribution in [0.2, 0.25) is 0 Å². The van der Waals surface area contributed by atoms with E-state index in [4.69, 9.17) is 5.73 Å². The highest BCUT2D eigenvalue weighted by atomic mass is 16.3. The quantitative estimate of drug-likeness (QED) is 0.586. The van der Waals surface area contributed by atoms with Crippen molar-refractivity contribution in [2.45, 2.75) is 64.5 Å². The number of nitrogens with two attached hydrogens (primary N) is 1. The number of carbonyl (C=O) groups is 1. The van der Waals surface area contributed by atoms with Crippen LogP contribution < -0.4 is 11.1 Å². The molecule has 4 nitrogen and oxygen atoms in total. The van der Waals surface area contributed by atoms with Crippen LogP contribution >= 0.6 is 0 Å². The van der Waals surface area contributed by atoms with Crippen molar-refractivity contribution in [2.75, 3.05) is 6.61 Å². The molecule has 0 spiro atoms. The van der Waals surface area contributed by atoms with E-state index in [9.17, 15) is 9.90 Å². The van der Waals surface area contributed by atoms with Crippen LogP contribution in [-0.4, -0.2) is 29.2 Å². The third-order valence-electron chi connectivity index (χ3n) is 3.25. The van der Waals surface area contributed by atoms with Gasteiger partial charge in [-0.1, -0.05) is 33.6 Å². The van der Waals surface area contributed by atoms with E-state index >= 15 is 0 Å². The fourth-order valence-electron chi connectivity index (χ4n) is 1.60. The summed E-state index contributed by atoms with van der Waals surface area (Å²) in [4.78, 5) is 11.8. The Morgan fingerprint density at radius 3 is 2.31 bits per heavy atom. The molecule has 1 atom stereocenters. The van der Waals surface area contributed by atoms with Crippen molar-refractivity contribution in [3.05, 3.63) is 0 Å². The summed E-state index contributed by atoms with van der Waals surface area (Å²) in [5.74, 6) is -0.147. The second-order valence-corrected chi connectivity index (χ2v) is 4.38. The van der Waals surface area contributed by atoms with Crippen LogP contribution in [-0.2, 0) is 4.79 Å². The monoisotopic (exact) mass is 230 g/mol. The minimum atomic E-state index is -0.499. The van der Waals surface area contributed by atoms with Crippen LogP contribution in [0.5, 0.6) is 0 Å². The van der Waals surface area contributed by atoms with Gasteiger partial charge in [0.2, 0.25) is 5.91 Å². The van der Waals surface area contributed by atoms with E-state index in [2.05, 4.69) is 12.2 Å². The van der Waals surface area contributed by atoms with Crippen LogP contribution in [0.25, 0.3) is 0 Å². The van der Waals surface area contributed by atoms with Crippen molar-refractivity contribution < 1.29 is 9.90 Å². The second kappa shape index (κ2) is 7.63. The lowest BCUT2D eigenvalue weighted by Crippen LogP contribution is -2.55. The molecule has 0 bridgehead atoms. The molecule has 0 unspecified atom stereocenters. The zero-order valence-corrected chi connectivity index (χ0v) is 10.8. The van der Waals surface area contributed by atoms with E-state index in [-0.39, 0.29) is 12.5 Å². The summed E-state index contributed by atoms with van der Waals surface area (Å²) in [6.45, 7) is 5.95. The molecule has 0 aliphatic heterocycles. The van der Waals surface area contributed by atoms with E-state index in [0.29, 0.717) is 19.3 Å². The average Bonchev–Trinajstić information content (AvgIpc) is 2.32. The third-order valence-corrected chi connectivity index (χ3v) is 3.25. The van der Waals surface area contributed by atoms with Crippen LogP contribution in [0.15, 0.2) is 0 Å². The predicted molar refractivity (Wildman–Crippen MR) is 66.0 cm³/mol. The predicted octanol–water partition coefficient (Wildman–Crippen LogP) is 1.17. The molecule has 4 heteroatoms. The number of aliphatic hydroxyl groups is 1. The van der Waals surface area contributed by atoms with E-state index in [1.54, 1.807) is 0 Å². The number of hydrogen-bond acceptors (Lipinski definition) is 3. The summed E-state index contributed by atoms with van der Waals surface area (Å²) in [6.07, 6.45) is 4.13. The first-order chi connectivity index (χ1) is 7.55. The number of nitrogens with one attached hydrogen (secondary N) is 1. The molecule has 0 saturated carbocycles. The minimum absolute atomic E-state index is 0.0355. The van der Waals surface area contributed by atoms with E-state index < -0.39 is 11.6 Å². The minimum Gasteiger partial charge on any atom is -0.394 e. The molecule has 4 N–H and O–H groups in total. The Hall–Kier alpha value is -0.610. The molecule has 0 aromatic rings. The van der Waals surface area contributed by atoms with Gasteiger partial charge in [0.25, 0.3) is 0 Å². The topological polar surface area (TPSA) is 75.4 Å². The molecule has 0 saturated heterocycles. The Morgan fingerprint density at radius 2 is 1.94 bits per heavy atom. The molecule has 0 heterocycles. The van der Waals surface area contributed by atoms with Crippen molar-refractivity contribution in [1.29, 1.82) is 0 Å². The van der Waals surface area contributed by atoms with Crippen LogP contribution in [0, 0.1) is 0 Å². The average molecular weight is 230 g/mol. The summed E-state index contributed by atoms with van der Waals surface area (Å²) < 4.78 is 0. The van der Waals surface area contributed by atoms with Gasteiger partial charge in [-0.2, -0.15) is 0 Å². The molecule has 0 fully saturated rings. The Morgan fingerprint density at radius 1 is 1.38 bits per heavy atom. The summed E-state index contributed by atoms with van der Waals surface area (Å²) in [5.41, 5.74) is 5.28. The first-order valence-electron chi connectivity index (χ1n) is 6.23. The zero-order valence-electron chi connectivity index (χ0n) is 10.8. The number of carbonyl (C=O) groups excluding carboxylic acids is 1. The lowest BCUT2D eigenvalue weighted by molar-refractivity contribution is -0.125. The molecular formula is C12H26N2O2. The molecule has 0 aliphatic carbocycles. The smallest absolute Gasteiger partial charge is 0.237 e. The molecule has 0 rings (SSSR count). The van der Waals surface area contributed by atoms with E-state index in [1.807, 2.05) is 13.8 Å². The molecule has 0 aliphatic rings. The highest BCUT2D eigenvalue weighted by molar-refractivity contribution is 5.82. The van der Waals surface area contributed by atoms with Crippen molar-refractivity contribution in [3.8, 4) is 0 Å². The van der Waals surface area contributed by atoms with Crippen molar-refractivity contribution >= 4 is 5.91 Å². The molecule has 0 radical (unpaired) electrons. The number of rotatable bonds is 8. The molecule has 16 heavy (non-hydrogen) atoms. The van der Waals surface area contributed by atoms with Crippen molar-refractivity contribution in [3.63, 3.8) is 0 Å². The first kappa shape index (κ1) is 15.4. The highest BCUT2D eigenvalue weighted by Gasteiger charge is 2.28. The summed E-state index contributed by atoms with van der Waals surface area (Å²) in [7, 11) is 0. The number of amides is 1. The van der Waals surface area contributed by atoms with E-state index in [1.165, 1.54) is 0 Å². The van der Waals surface area contributed by atoms with Gasteiger partial charge in [-0.05, 0) is 19.3 Å². The van der Waals surface area contributed by atoms with Crippen molar-refractivity contribution in [1.82, 2.24) is 5.32 Å². The van der Waals surface area contributed by atoms with Crippen LogP contribution in [0.1, 0.15) is 52.9 Å². The van der Waals surface area contributed by atoms with Crippen LogP contribution in [0.3, 0.4) is 0 Å². The second-order valence-electron chi connectivity index (χ2n) is 4.38. The number of hydrogen-bond donors (Lipinski definition) is 3. The van der Waals surface area contributed by atoms with Gasteiger partial charge in [0, 0.05) is 0 Å². The molecule has 0 aromatic heterocycles. The zero-order chi connectivity index (χ0) is 12.6. The Labute approximate surface area is 98.6 Å². The Balaban J connectivity index is 4.28. The fourth-order valence-corrected chi connectivity index (χ4v) is 1.60. The van der Waals surface area contributed by atoms with Gasteiger partial charge in [-0.15, -0.1) is 0 Å². The lowest BCUT2D eigenvalue weighted by Gasteiger charge is -2.31. The number of unbranched alkanes of at least 4 members (excludes halogenated alkanes) is 1. The first-order valence-corrected chi connectivity index (χ1v) is 6.23. The fraction of sp³-hybridized carbons (Fsp3) is 0.917.